The first-order valence-electron chi connectivity index (χ1n) is 7.68. The standard InChI is InChI=1S/C17H22N2O3/c1-2-22-17(21)8-5-11-18-16(20)10-9-13-12-19-15-7-4-3-6-14(13)15/h3-4,6-7,12,19H,2,5,8-11H2,1H3,(H,18,20). The number of carbonyl (C=O) groups is 2. The van der Waals surface area contributed by atoms with Crippen molar-refractivity contribution in [2.75, 3.05) is 13.2 Å². The first-order valence-corrected chi connectivity index (χ1v) is 7.68. The third-order valence-corrected chi connectivity index (χ3v) is 3.48. The van der Waals surface area contributed by atoms with Crippen molar-refractivity contribution in [3.05, 3.63) is 36.0 Å². The fraction of sp³-hybridized carbons (Fsp3) is 0.412. The number of benzene rings is 1. The number of carbonyl (C=O) groups excluding carboxylic acids is 2. The maximum atomic E-state index is 11.8. The van der Waals surface area contributed by atoms with Crippen LogP contribution in [0.25, 0.3) is 10.9 Å². The van der Waals surface area contributed by atoms with Gasteiger partial charge in [0.15, 0.2) is 0 Å². The van der Waals surface area contributed by atoms with Crippen LogP contribution in [0.5, 0.6) is 0 Å². The van der Waals surface area contributed by atoms with Crippen LogP contribution in [0.2, 0.25) is 0 Å². The number of amides is 1. The highest BCUT2D eigenvalue weighted by Crippen LogP contribution is 2.18. The summed E-state index contributed by atoms with van der Waals surface area (Å²) in [4.78, 5) is 26.2. The Morgan fingerprint density at radius 2 is 2.05 bits per heavy atom. The van der Waals surface area contributed by atoms with Gasteiger partial charge in [-0.25, -0.2) is 0 Å². The van der Waals surface area contributed by atoms with E-state index in [1.807, 2.05) is 24.4 Å². The highest BCUT2D eigenvalue weighted by atomic mass is 16.5. The van der Waals surface area contributed by atoms with Crippen molar-refractivity contribution in [3.8, 4) is 0 Å². The summed E-state index contributed by atoms with van der Waals surface area (Å²) in [5.41, 5.74) is 2.24. The molecule has 0 aliphatic carbocycles. The van der Waals surface area contributed by atoms with Gasteiger partial charge in [-0.2, -0.15) is 0 Å². The second kappa shape index (κ2) is 8.22. The van der Waals surface area contributed by atoms with E-state index in [1.54, 1.807) is 6.92 Å². The summed E-state index contributed by atoms with van der Waals surface area (Å²) in [6.45, 7) is 2.69. The van der Waals surface area contributed by atoms with Gasteiger partial charge in [-0.3, -0.25) is 9.59 Å². The van der Waals surface area contributed by atoms with E-state index in [0.29, 0.717) is 38.8 Å². The molecular weight excluding hydrogens is 280 g/mol. The minimum atomic E-state index is -0.212. The fourth-order valence-electron chi connectivity index (χ4n) is 2.37. The maximum Gasteiger partial charge on any atom is 0.305 e. The molecule has 5 nitrogen and oxygen atoms in total. The summed E-state index contributed by atoms with van der Waals surface area (Å²) >= 11 is 0. The van der Waals surface area contributed by atoms with E-state index >= 15 is 0 Å². The molecule has 0 unspecified atom stereocenters. The minimum Gasteiger partial charge on any atom is -0.466 e. The predicted molar refractivity (Wildman–Crippen MR) is 85.5 cm³/mol. The number of para-hydroxylation sites is 1. The third-order valence-electron chi connectivity index (χ3n) is 3.48. The van der Waals surface area contributed by atoms with Crippen LogP contribution < -0.4 is 5.32 Å². The molecule has 22 heavy (non-hydrogen) atoms. The fourth-order valence-corrected chi connectivity index (χ4v) is 2.37. The van der Waals surface area contributed by atoms with Crippen LogP contribution in [-0.4, -0.2) is 30.0 Å². The number of hydrogen-bond acceptors (Lipinski definition) is 3. The van der Waals surface area contributed by atoms with Gasteiger partial charge in [-0.15, -0.1) is 0 Å². The number of aromatic amines is 1. The Labute approximate surface area is 130 Å². The van der Waals surface area contributed by atoms with Gasteiger partial charge in [-0.05, 0) is 31.4 Å². The Bertz CT molecular complexity index is 634. The number of esters is 1. The molecule has 1 heterocycles. The van der Waals surface area contributed by atoms with Crippen LogP contribution in [0.1, 0.15) is 31.7 Å². The normalized spacial score (nSPS) is 10.6. The van der Waals surface area contributed by atoms with Gasteiger partial charge in [0.05, 0.1) is 6.61 Å². The molecule has 0 radical (unpaired) electrons. The zero-order valence-electron chi connectivity index (χ0n) is 12.9. The molecule has 0 bridgehead atoms. The lowest BCUT2D eigenvalue weighted by molar-refractivity contribution is -0.143. The van der Waals surface area contributed by atoms with Gasteiger partial charge in [-0.1, -0.05) is 18.2 Å². The molecule has 1 aromatic carbocycles. The Kier molecular flexibility index (Phi) is 6.01. The molecule has 2 aromatic rings. The van der Waals surface area contributed by atoms with Gasteiger partial charge >= 0.3 is 5.97 Å². The predicted octanol–water partition coefficient (Wildman–Crippen LogP) is 2.56. The number of ether oxygens (including phenoxy) is 1. The molecule has 0 atom stereocenters. The van der Waals surface area contributed by atoms with Gasteiger partial charge in [0.25, 0.3) is 0 Å². The lowest BCUT2D eigenvalue weighted by Gasteiger charge is -2.05. The first kappa shape index (κ1) is 16.1. The van der Waals surface area contributed by atoms with E-state index in [4.69, 9.17) is 4.74 Å². The van der Waals surface area contributed by atoms with Crippen LogP contribution in [0.15, 0.2) is 30.5 Å². The van der Waals surface area contributed by atoms with Crippen molar-refractivity contribution in [3.63, 3.8) is 0 Å². The molecule has 0 aliphatic heterocycles. The maximum absolute atomic E-state index is 11.8. The summed E-state index contributed by atoms with van der Waals surface area (Å²) in [7, 11) is 0. The Hall–Kier alpha value is -2.30. The van der Waals surface area contributed by atoms with Crippen molar-refractivity contribution >= 4 is 22.8 Å². The number of aryl methyl sites for hydroxylation is 1. The van der Waals surface area contributed by atoms with Crippen LogP contribution in [-0.2, 0) is 20.7 Å². The first-order chi connectivity index (χ1) is 10.7. The minimum absolute atomic E-state index is 0.00846. The number of rotatable bonds is 8. The van der Waals surface area contributed by atoms with E-state index in [0.717, 1.165) is 16.5 Å². The topological polar surface area (TPSA) is 71.2 Å². The number of H-pyrrole nitrogens is 1. The number of nitrogens with one attached hydrogen (secondary N) is 2. The van der Waals surface area contributed by atoms with Crippen molar-refractivity contribution in [2.24, 2.45) is 0 Å². The average molecular weight is 302 g/mol. The zero-order chi connectivity index (χ0) is 15.8. The molecule has 1 aromatic heterocycles. The summed E-state index contributed by atoms with van der Waals surface area (Å²) in [6.07, 6.45) is 4.06. The molecule has 2 rings (SSSR count). The molecule has 5 heteroatoms. The van der Waals surface area contributed by atoms with Crippen LogP contribution in [0.3, 0.4) is 0 Å². The van der Waals surface area contributed by atoms with Gasteiger partial charge < -0.3 is 15.0 Å². The summed E-state index contributed by atoms with van der Waals surface area (Å²) in [5, 5.41) is 4.00. The van der Waals surface area contributed by atoms with Gasteiger partial charge in [0.1, 0.15) is 0 Å². The Morgan fingerprint density at radius 3 is 2.86 bits per heavy atom. The largest absolute Gasteiger partial charge is 0.466 e. The van der Waals surface area contributed by atoms with E-state index in [9.17, 15) is 9.59 Å². The number of aromatic nitrogens is 1. The molecule has 0 saturated carbocycles. The van der Waals surface area contributed by atoms with Crippen LogP contribution in [0, 0.1) is 0 Å². The molecular formula is C17H22N2O3. The number of fused-ring (bicyclic) bond motifs is 1. The summed E-state index contributed by atoms with van der Waals surface area (Å²) < 4.78 is 4.83. The second-order valence-corrected chi connectivity index (χ2v) is 5.12. The van der Waals surface area contributed by atoms with E-state index < -0.39 is 0 Å². The van der Waals surface area contributed by atoms with E-state index in [2.05, 4.69) is 16.4 Å². The molecule has 118 valence electrons. The SMILES string of the molecule is CCOC(=O)CCCNC(=O)CCc1c[nH]c2ccccc12. The van der Waals surface area contributed by atoms with E-state index in [-0.39, 0.29) is 11.9 Å². The van der Waals surface area contributed by atoms with E-state index in [1.165, 1.54) is 0 Å². The monoisotopic (exact) mass is 302 g/mol. The van der Waals surface area contributed by atoms with Gasteiger partial charge in [0, 0.05) is 36.5 Å². The summed E-state index contributed by atoms with van der Waals surface area (Å²) in [5.74, 6) is -0.204. The third kappa shape index (κ3) is 4.62. The molecule has 0 fully saturated rings. The van der Waals surface area contributed by atoms with Crippen molar-refractivity contribution in [2.45, 2.75) is 32.6 Å². The molecule has 0 aliphatic rings. The van der Waals surface area contributed by atoms with Crippen LogP contribution >= 0.6 is 0 Å². The Balaban J connectivity index is 1.69. The molecule has 0 saturated heterocycles. The highest BCUT2D eigenvalue weighted by Gasteiger charge is 2.07. The molecule has 2 N–H and O–H groups in total. The quantitative estimate of drug-likeness (QED) is 0.581. The van der Waals surface area contributed by atoms with Gasteiger partial charge in [0.2, 0.25) is 5.91 Å². The highest BCUT2D eigenvalue weighted by molar-refractivity contribution is 5.84. The van der Waals surface area contributed by atoms with Crippen molar-refractivity contribution < 1.29 is 14.3 Å². The average Bonchev–Trinajstić information content (AvgIpc) is 2.93. The smallest absolute Gasteiger partial charge is 0.305 e. The lowest BCUT2D eigenvalue weighted by atomic mass is 10.1. The Morgan fingerprint density at radius 1 is 1.23 bits per heavy atom. The van der Waals surface area contributed by atoms with Crippen molar-refractivity contribution in [1.29, 1.82) is 0 Å². The summed E-state index contributed by atoms with van der Waals surface area (Å²) in [6, 6.07) is 8.06. The van der Waals surface area contributed by atoms with Crippen molar-refractivity contribution in [1.82, 2.24) is 10.3 Å². The number of hydrogen-bond donors (Lipinski definition) is 2. The molecule has 0 spiro atoms. The second-order valence-electron chi connectivity index (χ2n) is 5.12. The lowest BCUT2D eigenvalue weighted by Crippen LogP contribution is -2.25. The molecule has 1 amide bonds. The van der Waals surface area contributed by atoms with Crippen LogP contribution in [0.4, 0.5) is 0 Å². The zero-order valence-corrected chi connectivity index (χ0v) is 12.9.